The van der Waals surface area contributed by atoms with E-state index in [1.807, 2.05) is 59.5 Å². The Morgan fingerprint density at radius 2 is 1.97 bits per heavy atom. The zero-order valence-corrected chi connectivity index (χ0v) is 15.7. The molecule has 144 valence electrons. The Balaban J connectivity index is 1.52. The summed E-state index contributed by atoms with van der Waals surface area (Å²) in [5, 5.41) is 0.909. The number of nitrogens with zero attached hydrogens (tertiary/aromatic N) is 2. The number of para-hydroxylation sites is 2. The van der Waals surface area contributed by atoms with Crippen molar-refractivity contribution in [3.05, 3.63) is 89.9 Å². The molecule has 3 heterocycles. The predicted octanol–water partition coefficient (Wildman–Crippen LogP) is 4.13. The minimum atomic E-state index is -0.0529. The lowest BCUT2D eigenvalue weighted by molar-refractivity contribution is 0.0730. The maximum absolute atomic E-state index is 13.5. The van der Waals surface area contributed by atoms with Crippen LogP contribution in [-0.2, 0) is 13.1 Å². The highest BCUT2D eigenvalue weighted by Gasteiger charge is 2.24. The number of pyridine rings is 1. The summed E-state index contributed by atoms with van der Waals surface area (Å²) >= 11 is 0. The number of H-pyrrole nitrogens is 1. The molecule has 5 rings (SSSR count). The summed E-state index contributed by atoms with van der Waals surface area (Å²) < 4.78 is 11.1. The second-order valence-corrected chi connectivity index (χ2v) is 6.92. The van der Waals surface area contributed by atoms with E-state index in [0.717, 1.165) is 22.0 Å². The molecule has 0 saturated heterocycles. The van der Waals surface area contributed by atoms with Crippen molar-refractivity contribution in [3.63, 3.8) is 0 Å². The molecule has 1 N–H and O–H groups in total. The molecule has 0 saturated carbocycles. The number of amides is 1. The lowest BCUT2D eigenvalue weighted by atomic mass is 10.1. The van der Waals surface area contributed by atoms with Gasteiger partial charge in [-0.25, -0.2) is 0 Å². The topological polar surface area (TPSA) is 67.5 Å². The molecule has 0 bridgehead atoms. The molecule has 4 aromatic rings. The number of nitrogens with one attached hydrogen (secondary N) is 1. The number of aromatic amines is 1. The largest absolute Gasteiger partial charge is 0.454 e. The number of hydrogen-bond acceptors (Lipinski definition) is 4. The van der Waals surface area contributed by atoms with Crippen molar-refractivity contribution < 1.29 is 14.3 Å². The number of ether oxygens (including phenoxy) is 2. The Hall–Kier alpha value is -3.80. The lowest BCUT2D eigenvalue weighted by Gasteiger charge is -2.23. The van der Waals surface area contributed by atoms with Crippen molar-refractivity contribution in [2.24, 2.45) is 0 Å². The van der Waals surface area contributed by atoms with Crippen molar-refractivity contribution in [1.29, 1.82) is 0 Å². The van der Waals surface area contributed by atoms with E-state index >= 15 is 0 Å². The highest BCUT2D eigenvalue weighted by Crippen LogP contribution is 2.36. The molecule has 0 fully saturated rings. The number of aromatic nitrogens is 2. The average Bonchev–Trinajstić information content (AvgIpc) is 3.41. The summed E-state index contributed by atoms with van der Waals surface area (Å²) in [6, 6.07) is 17.4. The van der Waals surface area contributed by atoms with Gasteiger partial charge >= 0.3 is 0 Å². The Bertz CT molecular complexity index is 1170. The first kappa shape index (κ1) is 17.3. The van der Waals surface area contributed by atoms with Crippen LogP contribution >= 0.6 is 0 Å². The third-order valence-corrected chi connectivity index (χ3v) is 5.04. The standard InChI is InChI=1S/C23H19N3O3/c27-23(19-12-25-20-8-2-1-7-18(19)20)26(13-16-5-4-10-24-11-16)14-17-6-3-9-21-22(17)29-15-28-21/h1-12,25H,13-15H2. The molecule has 0 unspecified atom stereocenters. The Labute approximate surface area is 167 Å². The summed E-state index contributed by atoms with van der Waals surface area (Å²) in [6.07, 6.45) is 5.29. The number of rotatable bonds is 5. The van der Waals surface area contributed by atoms with Gasteiger partial charge in [-0.15, -0.1) is 0 Å². The molecular weight excluding hydrogens is 366 g/mol. The number of carbonyl (C=O) groups excluding carboxylic acids is 1. The van der Waals surface area contributed by atoms with Crippen molar-refractivity contribution in [3.8, 4) is 11.5 Å². The summed E-state index contributed by atoms with van der Waals surface area (Å²) in [5.41, 5.74) is 3.46. The molecule has 29 heavy (non-hydrogen) atoms. The van der Waals surface area contributed by atoms with Crippen LogP contribution in [0.3, 0.4) is 0 Å². The van der Waals surface area contributed by atoms with Crippen LogP contribution < -0.4 is 9.47 Å². The number of hydrogen-bond donors (Lipinski definition) is 1. The molecule has 0 spiro atoms. The van der Waals surface area contributed by atoms with E-state index < -0.39 is 0 Å². The molecule has 6 nitrogen and oxygen atoms in total. The van der Waals surface area contributed by atoms with Crippen LogP contribution in [0.2, 0.25) is 0 Å². The average molecular weight is 385 g/mol. The molecule has 1 amide bonds. The van der Waals surface area contributed by atoms with Crippen LogP contribution in [0.15, 0.2) is 73.2 Å². The van der Waals surface area contributed by atoms with E-state index in [1.54, 1.807) is 18.6 Å². The molecular formula is C23H19N3O3. The van der Waals surface area contributed by atoms with Gasteiger partial charge < -0.3 is 19.4 Å². The molecule has 0 aliphatic carbocycles. The molecule has 2 aromatic carbocycles. The van der Waals surface area contributed by atoms with Gasteiger partial charge in [0.05, 0.1) is 12.1 Å². The summed E-state index contributed by atoms with van der Waals surface area (Å²) in [7, 11) is 0. The fourth-order valence-electron chi connectivity index (χ4n) is 3.65. The minimum absolute atomic E-state index is 0.0529. The Morgan fingerprint density at radius 1 is 1.03 bits per heavy atom. The van der Waals surface area contributed by atoms with E-state index in [-0.39, 0.29) is 12.7 Å². The monoisotopic (exact) mass is 385 g/mol. The van der Waals surface area contributed by atoms with Crippen LogP contribution in [-0.4, -0.2) is 27.6 Å². The van der Waals surface area contributed by atoms with Gasteiger partial charge in [0.1, 0.15) is 0 Å². The highest BCUT2D eigenvalue weighted by atomic mass is 16.7. The van der Waals surface area contributed by atoms with Crippen LogP contribution in [0.1, 0.15) is 21.5 Å². The molecule has 0 radical (unpaired) electrons. The van der Waals surface area contributed by atoms with Gasteiger partial charge in [-0.2, -0.15) is 0 Å². The quantitative estimate of drug-likeness (QED) is 0.561. The second-order valence-electron chi connectivity index (χ2n) is 6.92. The van der Waals surface area contributed by atoms with E-state index in [4.69, 9.17) is 9.47 Å². The molecule has 1 aliphatic rings. The van der Waals surface area contributed by atoms with E-state index in [2.05, 4.69) is 9.97 Å². The zero-order chi connectivity index (χ0) is 19.6. The predicted molar refractivity (Wildman–Crippen MR) is 109 cm³/mol. The minimum Gasteiger partial charge on any atom is -0.454 e. The lowest BCUT2D eigenvalue weighted by Crippen LogP contribution is -2.30. The Morgan fingerprint density at radius 3 is 2.86 bits per heavy atom. The van der Waals surface area contributed by atoms with E-state index in [0.29, 0.717) is 30.2 Å². The van der Waals surface area contributed by atoms with Crippen molar-refractivity contribution in [1.82, 2.24) is 14.9 Å². The smallest absolute Gasteiger partial charge is 0.256 e. The van der Waals surface area contributed by atoms with Crippen LogP contribution in [0.4, 0.5) is 0 Å². The third kappa shape index (κ3) is 3.29. The fraction of sp³-hybridized carbons (Fsp3) is 0.130. The zero-order valence-electron chi connectivity index (χ0n) is 15.7. The first-order valence-corrected chi connectivity index (χ1v) is 9.41. The Kier molecular flexibility index (Phi) is 4.37. The first-order chi connectivity index (χ1) is 14.3. The molecule has 0 atom stereocenters. The maximum Gasteiger partial charge on any atom is 0.256 e. The summed E-state index contributed by atoms with van der Waals surface area (Å²) in [5.74, 6) is 1.36. The van der Waals surface area contributed by atoms with Crippen LogP contribution in [0, 0.1) is 0 Å². The summed E-state index contributed by atoms with van der Waals surface area (Å²) in [4.78, 5) is 22.7. The van der Waals surface area contributed by atoms with Crippen molar-refractivity contribution >= 4 is 16.8 Å². The molecule has 2 aromatic heterocycles. The van der Waals surface area contributed by atoms with E-state index in [1.165, 1.54) is 0 Å². The molecule has 6 heteroatoms. The third-order valence-electron chi connectivity index (χ3n) is 5.04. The van der Waals surface area contributed by atoms with Crippen LogP contribution in [0.25, 0.3) is 10.9 Å². The SMILES string of the molecule is O=C(c1c[nH]c2ccccc12)N(Cc1cccnc1)Cc1cccc2c1OCO2. The number of fused-ring (bicyclic) bond motifs is 2. The molecule has 1 aliphatic heterocycles. The highest BCUT2D eigenvalue weighted by molar-refractivity contribution is 6.06. The van der Waals surface area contributed by atoms with Gasteiger partial charge in [0.15, 0.2) is 11.5 Å². The number of carbonyl (C=O) groups is 1. The fourth-order valence-corrected chi connectivity index (χ4v) is 3.65. The van der Waals surface area contributed by atoms with Gasteiger partial charge in [-0.1, -0.05) is 36.4 Å². The van der Waals surface area contributed by atoms with Gasteiger partial charge in [-0.3, -0.25) is 9.78 Å². The van der Waals surface area contributed by atoms with Crippen molar-refractivity contribution in [2.75, 3.05) is 6.79 Å². The first-order valence-electron chi connectivity index (χ1n) is 9.41. The maximum atomic E-state index is 13.5. The summed E-state index contributed by atoms with van der Waals surface area (Å²) in [6.45, 7) is 1.04. The van der Waals surface area contributed by atoms with E-state index in [9.17, 15) is 4.79 Å². The van der Waals surface area contributed by atoms with Gasteiger partial charge in [0.25, 0.3) is 5.91 Å². The van der Waals surface area contributed by atoms with Crippen molar-refractivity contribution in [2.45, 2.75) is 13.1 Å². The van der Waals surface area contributed by atoms with Gasteiger partial charge in [0, 0.05) is 41.6 Å². The second kappa shape index (κ2) is 7.31. The van der Waals surface area contributed by atoms with Gasteiger partial charge in [0.2, 0.25) is 6.79 Å². The number of benzene rings is 2. The van der Waals surface area contributed by atoms with Gasteiger partial charge in [-0.05, 0) is 23.8 Å². The van der Waals surface area contributed by atoms with Crippen LogP contribution in [0.5, 0.6) is 11.5 Å². The normalized spacial score (nSPS) is 12.3.